The van der Waals surface area contributed by atoms with Gasteiger partial charge in [0.2, 0.25) is 5.91 Å². The predicted molar refractivity (Wildman–Crippen MR) is 61.6 cm³/mol. The normalized spacial score (nSPS) is 14.9. The number of hydrogen-bond donors (Lipinski definition) is 1. The molecule has 0 spiro atoms. The van der Waals surface area contributed by atoms with Gasteiger partial charge in [0.15, 0.2) is 0 Å². The fraction of sp³-hybridized carbons (Fsp3) is 0.909. The van der Waals surface area contributed by atoms with Gasteiger partial charge in [0.1, 0.15) is 0 Å². The van der Waals surface area contributed by atoms with E-state index in [4.69, 9.17) is 11.6 Å². The summed E-state index contributed by atoms with van der Waals surface area (Å²) in [7, 11) is 0. The summed E-state index contributed by atoms with van der Waals surface area (Å²) in [5.41, 5.74) is 0. The van der Waals surface area contributed by atoms with Crippen LogP contribution in [0.3, 0.4) is 0 Å². The zero-order chi connectivity index (χ0) is 11.0. The summed E-state index contributed by atoms with van der Waals surface area (Å²) < 4.78 is 0. The molecule has 0 aliphatic rings. The Balaban J connectivity index is 3.88. The smallest absolute Gasteiger partial charge is 0.223 e. The standard InChI is InChI=1S/C11H22ClNO/c1-4-6-9(3)11(14)13-10(5-2)7-8-12/h9-10H,4-8H2,1-3H3,(H,13,14). The van der Waals surface area contributed by atoms with Crippen LogP contribution < -0.4 is 5.32 Å². The van der Waals surface area contributed by atoms with Crippen molar-refractivity contribution in [2.75, 3.05) is 5.88 Å². The molecule has 0 aliphatic heterocycles. The van der Waals surface area contributed by atoms with Crippen molar-refractivity contribution in [1.82, 2.24) is 5.32 Å². The SMILES string of the molecule is CCCC(C)C(=O)NC(CC)CCCl. The molecule has 0 bridgehead atoms. The van der Waals surface area contributed by atoms with Crippen molar-refractivity contribution in [2.45, 2.75) is 52.5 Å². The number of nitrogens with one attached hydrogen (secondary N) is 1. The Bertz CT molecular complexity index is 161. The Morgan fingerprint density at radius 1 is 1.36 bits per heavy atom. The van der Waals surface area contributed by atoms with Crippen molar-refractivity contribution < 1.29 is 4.79 Å². The summed E-state index contributed by atoms with van der Waals surface area (Å²) in [6.45, 7) is 6.15. The van der Waals surface area contributed by atoms with E-state index in [0.29, 0.717) is 5.88 Å². The number of carbonyl (C=O) groups excluding carboxylic acids is 1. The van der Waals surface area contributed by atoms with Crippen molar-refractivity contribution >= 4 is 17.5 Å². The third-order valence-corrected chi connectivity index (χ3v) is 2.68. The van der Waals surface area contributed by atoms with Gasteiger partial charge in [0.05, 0.1) is 0 Å². The van der Waals surface area contributed by atoms with Gasteiger partial charge in [-0.05, 0) is 19.3 Å². The van der Waals surface area contributed by atoms with Crippen LogP contribution in [0, 0.1) is 5.92 Å². The zero-order valence-electron chi connectivity index (χ0n) is 9.48. The number of hydrogen-bond acceptors (Lipinski definition) is 1. The lowest BCUT2D eigenvalue weighted by Gasteiger charge is -2.18. The molecule has 1 N–H and O–H groups in total. The minimum Gasteiger partial charge on any atom is -0.353 e. The molecule has 3 heteroatoms. The molecule has 2 nitrogen and oxygen atoms in total. The average molecular weight is 220 g/mol. The van der Waals surface area contributed by atoms with Gasteiger partial charge in [-0.15, -0.1) is 11.6 Å². The fourth-order valence-corrected chi connectivity index (χ4v) is 1.68. The highest BCUT2D eigenvalue weighted by Crippen LogP contribution is 2.07. The Hall–Kier alpha value is -0.240. The highest BCUT2D eigenvalue weighted by molar-refractivity contribution is 6.17. The number of alkyl halides is 1. The quantitative estimate of drug-likeness (QED) is 0.656. The summed E-state index contributed by atoms with van der Waals surface area (Å²) in [4.78, 5) is 11.6. The molecule has 2 unspecified atom stereocenters. The summed E-state index contributed by atoms with van der Waals surface area (Å²) in [5.74, 6) is 0.911. The van der Waals surface area contributed by atoms with Crippen LogP contribution in [0.15, 0.2) is 0 Å². The minimum absolute atomic E-state index is 0.129. The molecule has 0 radical (unpaired) electrons. The van der Waals surface area contributed by atoms with Crippen LogP contribution in [-0.2, 0) is 4.79 Å². The molecule has 14 heavy (non-hydrogen) atoms. The van der Waals surface area contributed by atoms with Gasteiger partial charge in [-0.3, -0.25) is 4.79 Å². The Kier molecular flexibility index (Phi) is 7.96. The molecule has 2 atom stereocenters. The first-order chi connectivity index (χ1) is 6.65. The van der Waals surface area contributed by atoms with E-state index < -0.39 is 0 Å². The lowest BCUT2D eigenvalue weighted by atomic mass is 10.0. The van der Waals surface area contributed by atoms with E-state index in [-0.39, 0.29) is 17.9 Å². The number of amides is 1. The van der Waals surface area contributed by atoms with Crippen LogP contribution in [0.5, 0.6) is 0 Å². The maximum atomic E-state index is 11.6. The van der Waals surface area contributed by atoms with Crippen molar-refractivity contribution in [1.29, 1.82) is 0 Å². The van der Waals surface area contributed by atoms with E-state index in [1.165, 1.54) is 0 Å². The second kappa shape index (κ2) is 8.10. The summed E-state index contributed by atoms with van der Waals surface area (Å²) in [5, 5.41) is 3.03. The molecule has 0 aliphatic carbocycles. The largest absolute Gasteiger partial charge is 0.353 e. The second-order valence-electron chi connectivity index (χ2n) is 3.78. The summed E-state index contributed by atoms with van der Waals surface area (Å²) in [6.07, 6.45) is 3.84. The lowest BCUT2D eigenvalue weighted by Crippen LogP contribution is -2.38. The third kappa shape index (κ3) is 5.48. The van der Waals surface area contributed by atoms with Crippen molar-refractivity contribution in [3.63, 3.8) is 0 Å². The van der Waals surface area contributed by atoms with Crippen LogP contribution in [-0.4, -0.2) is 17.8 Å². The van der Waals surface area contributed by atoms with Crippen molar-refractivity contribution in [3.8, 4) is 0 Å². The van der Waals surface area contributed by atoms with E-state index in [9.17, 15) is 4.79 Å². The van der Waals surface area contributed by atoms with Crippen LogP contribution in [0.2, 0.25) is 0 Å². The van der Waals surface area contributed by atoms with Crippen molar-refractivity contribution in [2.24, 2.45) is 5.92 Å². The van der Waals surface area contributed by atoms with Gasteiger partial charge in [-0.1, -0.05) is 27.2 Å². The highest BCUT2D eigenvalue weighted by Gasteiger charge is 2.15. The van der Waals surface area contributed by atoms with Gasteiger partial charge >= 0.3 is 0 Å². The zero-order valence-corrected chi connectivity index (χ0v) is 10.2. The monoisotopic (exact) mass is 219 g/mol. The second-order valence-corrected chi connectivity index (χ2v) is 4.16. The number of halogens is 1. The van der Waals surface area contributed by atoms with Gasteiger partial charge in [0, 0.05) is 17.8 Å². The molecule has 0 aromatic heterocycles. The maximum Gasteiger partial charge on any atom is 0.223 e. The van der Waals surface area contributed by atoms with E-state index in [1.807, 2.05) is 6.92 Å². The van der Waals surface area contributed by atoms with E-state index >= 15 is 0 Å². The van der Waals surface area contributed by atoms with Gasteiger partial charge < -0.3 is 5.32 Å². The molecular formula is C11H22ClNO. The highest BCUT2D eigenvalue weighted by atomic mass is 35.5. The molecule has 0 saturated heterocycles. The third-order valence-electron chi connectivity index (χ3n) is 2.47. The van der Waals surface area contributed by atoms with E-state index in [2.05, 4.69) is 19.2 Å². The van der Waals surface area contributed by atoms with Gasteiger partial charge in [-0.2, -0.15) is 0 Å². The van der Waals surface area contributed by atoms with Gasteiger partial charge in [0.25, 0.3) is 0 Å². The molecule has 0 aromatic carbocycles. The Morgan fingerprint density at radius 3 is 2.43 bits per heavy atom. The summed E-state index contributed by atoms with van der Waals surface area (Å²) >= 11 is 5.65. The average Bonchev–Trinajstić information content (AvgIpc) is 2.17. The lowest BCUT2D eigenvalue weighted by molar-refractivity contribution is -0.125. The summed E-state index contributed by atoms with van der Waals surface area (Å²) in [6, 6.07) is 0.249. The van der Waals surface area contributed by atoms with Gasteiger partial charge in [-0.25, -0.2) is 0 Å². The predicted octanol–water partition coefficient (Wildman–Crippen LogP) is 2.95. The van der Waals surface area contributed by atoms with Crippen molar-refractivity contribution in [3.05, 3.63) is 0 Å². The van der Waals surface area contributed by atoms with Crippen LogP contribution in [0.25, 0.3) is 0 Å². The molecule has 0 fully saturated rings. The molecular weight excluding hydrogens is 198 g/mol. The first-order valence-electron chi connectivity index (χ1n) is 5.52. The Morgan fingerprint density at radius 2 is 2.00 bits per heavy atom. The molecule has 0 saturated carbocycles. The fourth-order valence-electron chi connectivity index (χ4n) is 1.42. The molecule has 0 heterocycles. The number of carbonyl (C=O) groups is 1. The van der Waals surface area contributed by atoms with Crippen LogP contribution in [0.1, 0.15) is 46.5 Å². The molecule has 0 aromatic rings. The first kappa shape index (κ1) is 13.8. The Labute approximate surface area is 92.4 Å². The molecule has 84 valence electrons. The van der Waals surface area contributed by atoms with E-state index in [1.54, 1.807) is 0 Å². The number of rotatable bonds is 7. The maximum absolute atomic E-state index is 11.6. The molecule has 0 rings (SSSR count). The van der Waals surface area contributed by atoms with Crippen LogP contribution in [0.4, 0.5) is 0 Å². The minimum atomic E-state index is 0.129. The first-order valence-corrected chi connectivity index (χ1v) is 6.05. The molecule has 1 amide bonds. The van der Waals surface area contributed by atoms with Crippen LogP contribution >= 0.6 is 11.6 Å². The van der Waals surface area contributed by atoms with E-state index in [0.717, 1.165) is 25.7 Å². The topological polar surface area (TPSA) is 29.1 Å².